The van der Waals surface area contributed by atoms with E-state index >= 15 is 0 Å². The van der Waals surface area contributed by atoms with E-state index in [9.17, 15) is 18.0 Å². The molecule has 1 amide bonds. The molecule has 162 valence electrons. The van der Waals surface area contributed by atoms with Crippen LogP contribution in [0.5, 0.6) is 0 Å². The van der Waals surface area contributed by atoms with Crippen LogP contribution in [0.15, 0.2) is 48.5 Å². The van der Waals surface area contributed by atoms with Gasteiger partial charge < -0.3 is 11.1 Å². The number of halogens is 3. The molecule has 31 heavy (non-hydrogen) atoms. The van der Waals surface area contributed by atoms with E-state index in [1.165, 1.54) is 6.07 Å². The summed E-state index contributed by atoms with van der Waals surface area (Å²) in [5.74, 6) is -0.167. The Kier molecular flexibility index (Phi) is 5.82. The second kappa shape index (κ2) is 8.55. The summed E-state index contributed by atoms with van der Waals surface area (Å²) in [6, 6.07) is 12.4. The molecule has 5 nitrogen and oxygen atoms in total. The number of carbonyl (C=O) groups excluding carboxylic acids is 1. The van der Waals surface area contributed by atoms with Crippen molar-refractivity contribution in [2.75, 3.05) is 30.7 Å². The summed E-state index contributed by atoms with van der Waals surface area (Å²) in [4.78, 5) is 19.0. The molecule has 1 aliphatic heterocycles. The fraction of sp³-hybridized carbons (Fsp3) is 0.304. The Morgan fingerprint density at radius 1 is 1.03 bits per heavy atom. The lowest BCUT2D eigenvalue weighted by Crippen LogP contribution is -2.36. The second-order valence-corrected chi connectivity index (χ2v) is 7.76. The maximum atomic E-state index is 13.3. The van der Waals surface area contributed by atoms with Gasteiger partial charge in [-0.2, -0.15) is 13.2 Å². The van der Waals surface area contributed by atoms with Crippen LogP contribution < -0.4 is 11.1 Å². The number of piperidine rings is 1. The summed E-state index contributed by atoms with van der Waals surface area (Å²) in [6.45, 7) is 1.76. The van der Waals surface area contributed by atoms with Gasteiger partial charge in [0, 0.05) is 22.2 Å². The predicted molar refractivity (Wildman–Crippen MR) is 116 cm³/mol. The highest BCUT2D eigenvalue weighted by atomic mass is 19.4. The van der Waals surface area contributed by atoms with Gasteiger partial charge in [-0.15, -0.1) is 0 Å². The van der Waals surface area contributed by atoms with Crippen LogP contribution in [-0.2, 0) is 11.0 Å². The van der Waals surface area contributed by atoms with Gasteiger partial charge in [-0.3, -0.25) is 9.69 Å². The Morgan fingerprint density at radius 3 is 2.52 bits per heavy atom. The molecule has 8 heteroatoms. The van der Waals surface area contributed by atoms with Crippen LogP contribution in [0.2, 0.25) is 0 Å². The lowest BCUT2D eigenvalue weighted by atomic mass is 10.00. The van der Waals surface area contributed by atoms with Crippen LogP contribution in [0.4, 0.5) is 24.7 Å². The number of fused-ring (bicyclic) bond motifs is 1. The molecule has 1 fully saturated rings. The average molecular weight is 428 g/mol. The summed E-state index contributed by atoms with van der Waals surface area (Å²) < 4.78 is 40.0. The van der Waals surface area contributed by atoms with E-state index in [1.807, 2.05) is 29.2 Å². The number of para-hydroxylation sites is 1. The quantitative estimate of drug-likeness (QED) is 0.618. The third-order valence-corrected chi connectivity index (χ3v) is 5.48. The molecule has 3 aromatic rings. The van der Waals surface area contributed by atoms with E-state index in [0.717, 1.165) is 49.9 Å². The van der Waals surface area contributed by atoms with Crippen LogP contribution in [0.25, 0.3) is 22.0 Å². The number of nitrogens with two attached hydrogens (primary N) is 1. The standard InChI is InChI=1S/C23H23F3N4O/c24-23(25,26)16-8-9-17(18-12-15-6-2-3-7-19(15)29-22(18)27)20(13-16)28-21(31)14-30-10-4-1-5-11-30/h2-3,6-9,12-13H,1,4-5,10-11,14H2,(H2,27,29)(H,28,31). The number of alkyl halides is 3. The first-order chi connectivity index (χ1) is 14.8. The summed E-state index contributed by atoms with van der Waals surface area (Å²) in [5, 5.41) is 3.48. The highest BCUT2D eigenvalue weighted by Crippen LogP contribution is 2.38. The minimum absolute atomic E-state index is 0.0700. The minimum atomic E-state index is -4.53. The molecule has 1 aromatic heterocycles. The molecule has 1 aliphatic rings. The third kappa shape index (κ3) is 4.80. The van der Waals surface area contributed by atoms with Crippen molar-refractivity contribution in [3.63, 3.8) is 0 Å². The van der Waals surface area contributed by atoms with Crippen molar-refractivity contribution in [2.45, 2.75) is 25.4 Å². The molecule has 0 radical (unpaired) electrons. The summed E-state index contributed by atoms with van der Waals surface area (Å²) in [7, 11) is 0. The van der Waals surface area contributed by atoms with Gasteiger partial charge in [-0.25, -0.2) is 4.98 Å². The average Bonchev–Trinajstić information content (AvgIpc) is 2.73. The number of aromatic nitrogens is 1. The topological polar surface area (TPSA) is 71.2 Å². The number of hydrogen-bond acceptors (Lipinski definition) is 4. The van der Waals surface area contributed by atoms with Gasteiger partial charge in [0.25, 0.3) is 0 Å². The fourth-order valence-electron chi connectivity index (χ4n) is 3.92. The number of benzene rings is 2. The number of hydrogen-bond donors (Lipinski definition) is 2. The van der Waals surface area contributed by atoms with Crippen LogP contribution in [0.1, 0.15) is 24.8 Å². The number of nitrogens with zero attached hydrogens (tertiary/aromatic N) is 2. The lowest BCUT2D eigenvalue weighted by Gasteiger charge is -2.26. The molecule has 2 aromatic carbocycles. The lowest BCUT2D eigenvalue weighted by molar-refractivity contribution is -0.137. The monoisotopic (exact) mass is 428 g/mol. The Balaban J connectivity index is 1.72. The molecule has 0 spiro atoms. The van der Waals surface area contributed by atoms with Crippen molar-refractivity contribution in [3.05, 3.63) is 54.1 Å². The maximum Gasteiger partial charge on any atom is 0.416 e. The maximum absolute atomic E-state index is 13.3. The number of anilines is 2. The largest absolute Gasteiger partial charge is 0.416 e. The van der Waals surface area contributed by atoms with Crippen molar-refractivity contribution in [3.8, 4) is 11.1 Å². The zero-order valence-corrected chi connectivity index (χ0v) is 16.9. The molecule has 0 unspecified atom stereocenters. The number of likely N-dealkylation sites (tertiary alicyclic amines) is 1. The van der Waals surface area contributed by atoms with E-state index in [4.69, 9.17) is 5.73 Å². The van der Waals surface area contributed by atoms with Crippen LogP contribution in [0, 0.1) is 0 Å². The van der Waals surface area contributed by atoms with Crippen molar-refractivity contribution >= 4 is 28.3 Å². The van der Waals surface area contributed by atoms with Gasteiger partial charge in [0.2, 0.25) is 5.91 Å². The molecule has 1 saturated heterocycles. The fourth-order valence-corrected chi connectivity index (χ4v) is 3.92. The number of carbonyl (C=O) groups is 1. The SMILES string of the molecule is Nc1nc2ccccc2cc1-c1ccc(C(F)(F)F)cc1NC(=O)CN1CCCCC1. The highest BCUT2D eigenvalue weighted by Gasteiger charge is 2.31. The van der Waals surface area contributed by atoms with Gasteiger partial charge >= 0.3 is 6.18 Å². The molecule has 3 N–H and O–H groups in total. The smallest absolute Gasteiger partial charge is 0.383 e. The zero-order valence-electron chi connectivity index (χ0n) is 16.9. The predicted octanol–water partition coefficient (Wildman–Crippen LogP) is 4.93. The van der Waals surface area contributed by atoms with E-state index < -0.39 is 11.7 Å². The molecule has 0 saturated carbocycles. The van der Waals surface area contributed by atoms with Crippen LogP contribution in [0.3, 0.4) is 0 Å². The normalized spacial score (nSPS) is 15.2. The van der Waals surface area contributed by atoms with Crippen molar-refractivity contribution in [2.24, 2.45) is 0 Å². The first kappa shape index (κ1) is 21.1. The molecule has 0 aliphatic carbocycles. The van der Waals surface area contributed by atoms with Crippen LogP contribution in [-0.4, -0.2) is 35.4 Å². The Morgan fingerprint density at radius 2 is 1.77 bits per heavy atom. The third-order valence-electron chi connectivity index (χ3n) is 5.48. The van der Waals surface area contributed by atoms with Crippen molar-refractivity contribution in [1.82, 2.24) is 9.88 Å². The van der Waals surface area contributed by atoms with Gasteiger partial charge in [0.05, 0.1) is 17.6 Å². The molecule has 0 bridgehead atoms. The highest BCUT2D eigenvalue weighted by molar-refractivity contribution is 5.99. The van der Waals surface area contributed by atoms with Crippen LogP contribution >= 0.6 is 0 Å². The number of nitrogens with one attached hydrogen (secondary N) is 1. The first-order valence-corrected chi connectivity index (χ1v) is 10.2. The minimum Gasteiger partial charge on any atom is -0.383 e. The van der Waals surface area contributed by atoms with Gasteiger partial charge in [0.15, 0.2) is 0 Å². The Hall–Kier alpha value is -3.13. The molecular formula is C23H23F3N4O. The molecular weight excluding hydrogens is 405 g/mol. The Labute approximate surface area is 178 Å². The van der Waals surface area contributed by atoms with E-state index in [-0.39, 0.29) is 24.0 Å². The van der Waals surface area contributed by atoms with E-state index in [0.29, 0.717) is 16.6 Å². The summed E-state index contributed by atoms with van der Waals surface area (Å²) >= 11 is 0. The number of rotatable bonds is 4. The van der Waals surface area contributed by atoms with Gasteiger partial charge in [0.1, 0.15) is 5.82 Å². The van der Waals surface area contributed by atoms with Crippen molar-refractivity contribution < 1.29 is 18.0 Å². The van der Waals surface area contributed by atoms with E-state index in [1.54, 1.807) is 6.07 Å². The van der Waals surface area contributed by atoms with Gasteiger partial charge in [-0.1, -0.05) is 30.7 Å². The summed E-state index contributed by atoms with van der Waals surface area (Å²) in [5.41, 5.74) is 6.93. The summed E-state index contributed by atoms with van der Waals surface area (Å²) in [6.07, 6.45) is -1.37. The van der Waals surface area contributed by atoms with Gasteiger partial charge in [-0.05, 0) is 50.2 Å². The zero-order chi connectivity index (χ0) is 22.0. The molecule has 0 atom stereocenters. The van der Waals surface area contributed by atoms with Crippen molar-refractivity contribution in [1.29, 1.82) is 0 Å². The molecule has 4 rings (SSSR count). The molecule has 2 heterocycles. The number of amides is 1. The number of pyridine rings is 1. The van der Waals surface area contributed by atoms with E-state index in [2.05, 4.69) is 10.3 Å². The first-order valence-electron chi connectivity index (χ1n) is 10.2. The Bertz CT molecular complexity index is 1110. The number of nitrogen functional groups attached to an aromatic ring is 1. The second-order valence-electron chi connectivity index (χ2n) is 7.76.